The molecular formula is C13H14B3NO. The van der Waals surface area contributed by atoms with Gasteiger partial charge in [-0.05, 0) is 0 Å². The lowest BCUT2D eigenvalue weighted by Gasteiger charge is -2.03. The monoisotopic (exact) mass is 233 g/mol. The number of nitrogens with one attached hydrogen (secondary N) is 1. The fraction of sp³-hybridized carbons (Fsp3) is 0. The molecule has 0 bridgehead atoms. The fourth-order valence-electron chi connectivity index (χ4n) is 1.75. The number of carbonyl (C=O) groups is 1. The Morgan fingerprint density at radius 1 is 0.944 bits per heavy atom. The van der Waals surface area contributed by atoms with Gasteiger partial charge >= 0.3 is 0 Å². The molecule has 2 rings (SSSR count). The van der Waals surface area contributed by atoms with Crippen LogP contribution in [0.3, 0.4) is 0 Å². The highest BCUT2D eigenvalue weighted by Gasteiger charge is 2.06. The molecule has 0 aliphatic carbocycles. The summed E-state index contributed by atoms with van der Waals surface area (Å²) in [6.45, 7) is 0. The molecule has 0 unspecified atom stereocenters. The minimum absolute atomic E-state index is 0.0572. The number of benzene rings is 2. The van der Waals surface area contributed by atoms with Crippen LogP contribution in [0.2, 0.25) is 0 Å². The molecule has 0 atom stereocenters. The Balaban J connectivity index is 1.83. The van der Waals surface area contributed by atoms with E-state index in [1.54, 1.807) is 0 Å². The van der Waals surface area contributed by atoms with E-state index in [9.17, 15) is 4.79 Å². The summed E-state index contributed by atoms with van der Waals surface area (Å²) in [6.07, 6.45) is 0. The Morgan fingerprint density at radius 3 is 2.28 bits per heavy atom. The highest BCUT2D eigenvalue weighted by atomic mass is 16.1. The molecule has 18 heavy (non-hydrogen) atoms. The van der Waals surface area contributed by atoms with Crippen molar-refractivity contribution in [2.75, 3.05) is 0 Å². The molecule has 1 N–H and O–H groups in total. The topological polar surface area (TPSA) is 29.1 Å². The van der Waals surface area contributed by atoms with Crippen LogP contribution >= 0.6 is 0 Å². The zero-order chi connectivity index (χ0) is 12.8. The summed E-state index contributed by atoms with van der Waals surface area (Å²) < 4.78 is 0. The van der Waals surface area contributed by atoms with E-state index in [-0.39, 0.29) is 5.81 Å². The van der Waals surface area contributed by atoms with Crippen LogP contribution in [-0.4, -0.2) is 28.3 Å². The maximum atomic E-state index is 11.7. The van der Waals surface area contributed by atoms with Crippen LogP contribution in [0, 0.1) is 0 Å². The van der Waals surface area contributed by atoms with Crippen molar-refractivity contribution in [1.82, 2.24) is 5.23 Å². The lowest BCUT2D eigenvalue weighted by Crippen LogP contribution is -2.40. The van der Waals surface area contributed by atoms with Gasteiger partial charge in [-0.15, -0.1) is 0 Å². The van der Waals surface area contributed by atoms with Crippen molar-refractivity contribution in [1.29, 1.82) is 0 Å². The largest absolute Gasteiger partial charge is 0.406 e. The summed E-state index contributed by atoms with van der Waals surface area (Å²) >= 11 is 0. The van der Waals surface area contributed by atoms with E-state index in [0.717, 1.165) is 10.9 Å². The smallest absolute Gasteiger partial charge is 0.268 e. The van der Waals surface area contributed by atoms with E-state index in [2.05, 4.69) is 25.2 Å². The second-order valence-corrected chi connectivity index (χ2v) is 4.42. The summed E-state index contributed by atoms with van der Waals surface area (Å²) in [4.78, 5) is 11.7. The number of carbonyl (C=O) groups excluding carboxylic acids is 1. The minimum Gasteiger partial charge on any atom is -0.406 e. The Bertz CT molecular complexity index is 514. The third kappa shape index (κ3) is 3.84. The van der Waals surface area contributed by atoms with Gasteiger partial charge in [-0.2, -0.15) is 0 Å². The molecule has 2 aromatic carbocycles. The molecule has 0 fully saturated rings. The fourth-order valence-corrected chi connectivity index (χ4v) is 1.75. The first-order valence-corrected chi connectivity index (χ1v) is 6.10. The summed E-state index contributed by atoms with van der Waals surface area (Å²) in [6, 6.07) is 18.0. The number of hydrogen-bond donors (Lipinski definition) is 1. The molecule has 0 radical (unpaired) electrons. The first-order valence-electron chi connectivity index (χ1n) is 6.10. The van der Waals surface area contributed by atoms with E-state index >= 15 is 0 Å². The van der Waals surface area contributed by atoms with E-state index in [1.165, 1.54) is 5.46 Å². The van der Waals surface area contributed by atoms with Gasteiger partial charge in [0, 0.05) is 0 Å². The average Bonchev–Trinajstić information content (AvgIpc) is 2.39. The molecule has 0 saturated heterocycles. The normalized spacial score (nSPS) is 9.56. The minimum atomic E-state index is 0.0572. The van der Waals surface area contributed by atoms with E-state index in [0.29, 0.717) is 14.7 Å². The molecule has 2 nitrogen and oxygen atoms in total. The van der Waals surface area contributed by atoms with Crippen LogP contribution in [0.5, 0.6) is 0 Å². The molecule has 86 valence electrons. The van der Waals surface area contributed by atoms with Crippen molar-refractivity contribution in [3.05, 3.63) is 54.6 Å². The molecule has 0 spiro atoms. The Kier molecular flexibility index (Phi) is 4.29. The molecule has 0 aliphatic heterocycles. The lowest BCUT2D eigenvalue weighted by molar-refractivity contribution is 0.263. The standard InChI is InChI=1S/C13H14B3NO/c14-10-6-8-12(9-7-10)16-17-13(18)15-11-4-2-1-3-5-11/h1-9,15-16H,14H2,(H,17,18). The van der Waals surface area contributed by atoms with Crippen LogP contribution in [-0.2, 0) is 0 Å². The number of hydrogen-bond acceptors (Lipinski definition) is 1. The maximum absolute atomic E-state index is 11.7. The van der Waals surface area contributed by atoms with Crippen LogP contribution in [0.4, 0.5) is 4.79 Å². The van der Waals surface area contributed by atoms with Gasteiger partial charge in [0.1, 0.15) is 7.85 Å². The predicted octanol–water partition coefficient (Wildman–Crippen LogP) is -1.61. The van der Waals surface area contributed by atoms with Gasteiger partial charge in [-0.1, -0.05) is 71.0 Å². The molecule has 1 amide bonds. The van der Waals surface area contributed by atoms with Crippen molar-refractivity contribution in [2.24, 2.45) is 0 Å². The van der Waals surface area contributed by atoms with Crippen molar-refractivity contribution in [3.63, 3.8) is 0 Å². The van der Waals surface area contributed by atoms with Gasteiger partial charge in [0.2, 0.25) is 0 Å². The second-order valence-electron chi connectivity index (χ2n) is 4.42. The summed E-state index contributed by atoms with van der Waals surface area (Å²) in [5.74, 6) is 0.0572. The third-order valence-electron chi connectivity index (χ3n) is 2.82. The first-order chi connectivity index (χ1) is 8.74. The molecule has 0 aliphatic rings. The van der Waals surface area contributed by atoms with Gasteiger partial charge in [-0.25, -0.2) is 0 Å². The van der Waals surface area contributed by atoms with Crippen LogP contribution in [0.15, 0.2) is 54.6 Å². The van der Waals surface area contributed by atoms with Crippen molar-refractivity contribution in [3.8, 4) is 0 Å². The second kappa shape index (κ2) is 6.15. The van der Waals surface area contributed by atoms with Crippen molar-refractivity contribution >= 4 is 44.7 Å². The summed E-state index contributed by atoms with van der Waals surface area (Å²) in [7, 11) is 3.08. The van der Waals surface area contributed by atoms with E-state index in [4.69, 9.17) is 0 Å². The van der Waals surface area contributed by atoms with Gasteiger partial charge in [0.25, 0.3) is 14.7 Å². The van der Waals surface area contributed by atoms with Gasteiger partial charge in [0.05, 0.1) is 0 Å². The van der Waals surface area contributed by atoms with Gasteiger partial charge in [-0.3, -0.25) is 4.79 Å². The molecule has 2 aromatic rings. The molecule has 0 saturated carbocycles. The summed E-state index contributed by atoms with van der Waals surface area (Å²) in [5, 5.41) is 2.93. The van der Waals surface area contributed by atoms with Crippen LogP contribution in [0.25, 0.3) is 0 Å². The molecule has 0 aromatic heterocycles. The Hall–Kier alpha value is -1.90. The van der Waals surface area contributed by atoms with Crippen molar-refractivity contribution in [2.45, 2.75) is 0 Å². The Labute approximate surface area is 110 Å². The molecule has 0 heterocycles. The average molecular weight is 233 g/mol. The summed E-state index contributed by atoms with van der Waals surface area (Å²) in [5.41, 5.74) is 3.40. The highest BCUT2D eigenvalue weighted by molar-refractivity contribution is 6.86. The Morgan fingerprint density at radius 2 is 1.61 bits per heavy atom. The van der Waals surface area contributed by atoms with E-state index in [1.807, 2.05) is 42.5 Å². The highest BCUT2D eigenvalue weighted by Crippen LogP contribution is 1.82. The zero-order valence-electron chi connectivity index (χ0n) is 10.5. The predicted molar refractivity (Wildman–Crippen MR) is 83.2 cm³/mol. The lowest BCUT2D eigenvalue weighted by atomic mass is 9.67. The molecule has 5 heteroatoms. The molecular weight excluding hydrogens is 219 g/mol. The zero-order valence-corrected chi connectivity index (χ0v) is 10.5. The quantitative estimate of drug-likeness (QED) is 0.632. The van der Waals surface area contributed by atoms with Crippen LogP contribution in [0.1, 0.15) is 0 Å². The van der Waals surface area contributed by atoms with Crippen LogP contribution < -0.4 is 21.6 Å². The number of amides is 1. The van der Waals surface area contributed by atoms with Crippen molar-refractivity contribution < 1.29 is 4.79 Å². The van der Waals surface area contributed by atoms with E-state index < -0.39 is 0 Å². The first kappa shape index (κ1) is 12.6. The number of rotatable bonds is 4. The van der Waals surface area contributed by atoms with Gasteiger partial charge in [0.15, 0.2) is 5.81 Å². The van der Waals surface area contributed by atoms with Gasteiger partial charge < -0.3 is 5.23 Å². The third-order valence-corrected chi connectivity index (χ3v) is 2.82. The maximum Gasteiger partial charge on any atom is 0.268 e. The SMILES string of the molecule is Bc1ccc(BNC(=O)Bc2ccccc2)cc1.